The van der Waals surface area contributed by atoms with E-state index in [0.29, 0.717) is 30.9 Å². The topological polar surface area (TPSA) is 79.2 Å². The second kappa shape index (κ2) is 19.0. The molecular formula is C27H45ClO5. The molecular weight excluding hydrogens is 440 g/mol. The van der Waals surface area contributed by atoms with Gasteiger partial charge in [0.05, 0.1) is 19.3 Å². The van der Waals surface area contributed by atoms with Gasteiger partial charge in [-0.2, -0.15) is 0 Å². The zero-order valence-electron chi connectivity index (χ0n) is 21.3. The van der Waals surface area contributed by atoms with E-state index in [2.05, 4.69) is 0 Å². The molecule has 1 aromatic carbocycles. The predicted molar refractivity (Wildman–Crippen MR) is 138 cm³/mol. The smallest absolute Gasteiger partial charge is 0.124 e. The lowest BCUT2D eigenvalue weighted by Crippen LogP contribution is -2.18. The molecule has 33 heavy (non-hydrogen) atoms. The lowest BCUT2D eigenvalue weighted by Gasteiger charge is -2.19. The summed E-state index contributed by atoms with van der Waals surface area (Å²) in [5.41, 5.74) is 3.04. The van der Waals surface area contributed by atoms with Crippen molar-refractivity contribution in [3.05, 3.63) is 52.1 Å². The van der Waals surface area contributed by atoms with Crippen LogP contribution in [0.15, 0.2) is 46.5 Å². The van der Waals surface area contributed by atoms with Crippen LogP contribution in [0.25, 0.3) is 0 Å². The highest BCUT2D eigenvalue weighted by Gasteiger charge is 2.18. The summed E-state index contributed by atoms with van der Waals surface area (Å²) in [6.07, 6.45) is 3.79. The van der Waals surface area contributed by atoms with Gasteiger partial charge >= 0.3 is 0 Å². The van der Waals surface area contributed by atoms with Crippen LogP contribution in [0.2, 0.25) is 0 Å². The molecule has 1 saturated heterocycles. The van der Waals surface area contributed by atoms with E-state index in [1.165, 1.54) is 0 Å². The van der Waals surface area contributed by atoms with E-state index >= 15 is 0 Å². The number of halogens is 1. The van der Waals surface area contributed by atoms with Gasteiger partial charge in [-0.15, -0.1) is 0 Å². The van der Waals surface area contributed by atoms with Crippen LogP contribution in [-0.4, -0.2) is 54.0 Å². The molecule has 5 nitrogen and oxygen atoms in total. The molecule has 0 radical (unpaired) electrons. The average molecular weight is 485 g/mol. The van der Waals surface area contributed by atoms with Crippen molar-refractivity contribution in [3.63, 3.8) is 0 Å². The van der Waals surface area contributed by atoms with Crippen molar-refractivity contribution in [1.29, 1.82) is 0 Å². The van der Waals surface area contributed by atoms with E-state index < -0.39 is 6.10 Å². The normalized spacial score (nSPS) is 18.2. The lowest BCUT2D eigenvalue weighted by atomic mass is 9.91. The zero-order chi connectivity index (χ0) is 25.2. The summed E-state index contributed by atoms with van der Waals surface area (Å²) in [5.74, 6) is 0.661. The fraction of sp³-hybridized carbons (Fsp3) is 0.630. The number of allylic oxidation sites excluding steroid dienone is 3. The van der Waals surface area contributed by atoms with Crippen LogP contribution in [-0.2, 0) is 11.2 Å². The van der Waals surface area contributed by atoms with Crippen molar-refractivity contribution in [2.45, 2.75) is 79.4 Å². The summed E-state index contributed by atoms with van der Waals surface area (Å²) in [4.78, 5) is 0. The summed E-state index contributed by atoms with van der Waals surface area (Å²) >= 11 is 6.34. The number of aliphatic hydroxyl groups is 3. The molecule has 0 bridgehead atoms. The van der Waals surface area contributed by atoms with Crippen LogP contribution in [0.3, 0.4) is 0 Å². The maximum atomic E-state index is 9.95. The molecule has 2 rings (SSSR count). The van der Waals surface area contributed by atoms with Crippen molar-refractivity contribution in [3.8, 4) is 5.75 Å². The molecule has 0 aliphatic carbocycles. The van der Waals surface area contributed by atoms with Gasteiger partial charge in [0.25, 0.3) is 0 Å². The number of hydrogen-bond acceptors (Lipinski definition) is 5. The van der Waals surface area contributed by atoms with Gasteiger partial charge in [-0.3, -0.25) is 0 Å². The van der Waals surface area contributed by atoms with E-state index in [-0.39, 0.29) is 25.2 Å². The summed E-state index contributed by atoms with van der Waals surface area (Å²) in [6.45, 7) is 13.1. The Balaban J connectivity index is 0.00000242. The van der Waals surface area contributed by atoms with Crippen LogP contribution in [0.5, 0.6) is 5.75 Å². The summed E-state index contributed by atoms with van der Waals surface area (Å²) in [5, 5.41) is 29.3. The van der Waals surface area contributed by atoms with Crippen LogP contribution in [0.4, 0.5) is 0 Å². The highest BCUT2D eigenvalue weighted by atomic mass is 35.5. The second-order valence-corrected chi connectivity index (χ2v) is 8.22. The zero-order valence-corrected chi connectivity index (χ0v) is 22.1. The van der Waals surface area contributed by atoms with Crippen molar-refractivity contribution in [1.82, 2.24) is 0 Å². The lowest BCUT2D eigenvalue weighted by molar-refractivity contribution is 0.0993. The Hall–Kier alpha value is -1.37. The summed E-state index contributed by atoms with van der Waals surface area (Å²) in [6, 6.07) is 7.99. The van der Waals surface area contributed by atoms with E-state index in [9.17, 15) is 10.2 Å². The SMILES string of the molecule is C/C(=C\C(Cc1ccc(OC2CCOC2)cc1)=C(/C)Cl)C(CO)CC(O)CCO.CC.CC. The quantitative estimate of drug-likeness (QED) is 0.353. The molecule has 3 atom stereocenters. The van der Waals surface area contributed by atoms with Crippen LogP contribution in [0.1, 0.15) is 66.4 Å². The Kier molecular flexibility index (Phi) is 18.2. The van der Waals surface area contributed by atoms with E-state index in [1.807, 2.05) is 71.9 Å². The van der Waals surface area contributed by atoms with Gasteiger partial charge in [0.15, 0.2) is 0 Å². The number of aliphatic hydroxyl groups excluding tert-OH is 3. The van der Waals surface area contributed by atoms with Gasteiger partial charge in [-0.25, -0.2) is 0 Å². The van der Waals surface area contributed by atoms with Gasteiger partial charge in [-0.1, -0.05) is 63.1 Å². The third kappa shape index (κ3) is 12.6. The van der Waals surface area contributed by atoms with Crippen LogP contribution < -0.4 is 4.74 Å². The highest BCUT2D eigenvalue weighted by molar-refractivity contribution is 6.29. The molecule has 1 aromatic rings. The van der Waals surface area contributed by atoms with Gasteiger partial charge in [-0.05, 0) is 56.4 Å². The molecule has 1 fully saturated rings. The van der Waals surface area contributed by atoms with Crippen LogP contribution in [0, 0.1) is 5.92 Å². The Morgan fingerprint density at radius 1 is 1.15 bits per heavy atom. The second-order valence-electron chi connectivity index (χ2n) is 7.65. The molecule has 3 unspecified atom stereocenters. The van der Waals surface area contributed by atoms with Gasteiger partial charge in [0.2, 0.25) is 0 Å². The molecule has 1 heterocycles. The Morgan fingerprint density at radius 2 is 1.79 bits per heavy atom. The van der Waals surface area contributed by atoms with E-state index in [0.717, 1.165) is 35.5 Å². The molecule has 0 spiro atoms. The molecule has 190 valence electrons. The maximum absolute atomic E-state index is 9.95. The molecule has 6 heteroatoms. The standard InChI is InChI=1S/C23H33ClO5.2C2H6/c1-16(20(14-26)13-21(27)7-9-25)11-19(17(2)24)12-18-3-5-22(6-4-18)29-23-8-10-28-15-23;2*1-2/h3-6,11,20-21,23,25-27H,7-10,12-15H2,1-2H3;2*1-2H3/b16-11+,19-17-;;. The van der Waals surface area contributed by atoms with Crippen LogP contribution >= 0.6 is 11.6 Å². The van der Waals surface area contributed by atoms with Gasteiger partial charge in [0, 0.05) is 30.6 Å². The Bertz CT molecular complexity index is 674. The number of benzene rings is 1. The fourth-order valence-electron chi connectivity index (χ4n) is 3.37. The molecule has 0 saturated carbocycles. The maximum Gasteiger partial charge on any atom is 0.124 e. The Labute approximate surface area is 206 Å². The van der Waals surface area contributed by atoms with E-state index in [1.54, 1.807) is 0 Å². The molecule has 1 aliphatic heterocycles. The number of rotatable bonds is 11. The Morgan fingerprint density at radius 3 is 2.27 bits per heavy atom. The minimum absolute atomic E-state index is 0.0592. The van der Waals surface area contributed by atoms with Gasteiger partial charge < -0.3 is 24.8 Å². The third-order valence-corrected chi connectivity index (χ3v) is 5.48. The first-order chi connectivity index (χ1) is 15.9. The van der Waals surface area contributed by atoms with E-state index in [4.69, 9.17) is 26.2 Å². The van der Waals surface area contributed by atoms with Crippen molar-refractivity contribution in [2.75, 3.05) is 26.4 Å². The van der Waals surface area contributed by atoms with Crippen molar-refractivity contribution in [2.24, 2.45) is 5.92 Å². The molecule has 3 N–H and O–H groups in total. The van der Waals surface area contributed by atoms with Crippen molar-refractivity contribution >= 4 is 11.6 Å². The predicted octanol–water partition coefficient (Wildman–Crippen LogP) is 5.65. The first-order valence-electron chi connectivity index (χ1n) is 12.2. The molecule has 0 aromatic heterocycles. The summed E-state index contributed by atoms with van der Waals surface area (Å²) < 4.78 is 11.2. The third-order valence-electron chi connectivity index (χ3n) is 5.24. The molecule has 1 aliphatic rings. The monoisotopic (exact) mass is 484 g/mol. The van der Waals surface area contributed by atoms with Crippen molar-refractivity contribution < 1.29 is 24.8 Å². The average Bonchev–Trinajstić information content (AvgIpc) is 3.34. The number of hydrogen-bond donors (Lipinski definition) is 3. The molecule has 0 amide bonds. The first-order valence-corrected chi connectivity index (χ1v) is 12.6. The summed E-state index contributed by atoms with van der Waals surface area (Å²) in [7, 11) is 0. The number of ether oxygens (including phenoxy) is 2. The highest BCUT2D eigenvalue weighted by Crippen LogP contribution is 2.25. The minimum atomic E-state index is -0.636. The fourth-order valence-corrected chi connectivity index (χ4v) is 3.49. The first kappa shape index (κ1) is 31.6. The van der Waals surface area contributed by atoms with Gasteiger partial charge in [0.1, 0.15) is 11.9 Å². The minimum Gasteiger partial charge on any atom is -0.488 e. The largest absolute Gasteiger partial charge is 0.488 e.